The van der Waals surface area contributed by atoms with E-state index in [-0.39, 0.29) is 0 Å². The molecule has 1 saturated heterocycles. The van der Waals surface area contributed by atoms with E-state index >= 15 is 0 Å². The Labute approximate surface area is 74.4 Å². The van der Waals surface area contributed by atoms with Crippen LogP contribution >= 0.6 is 0 Å². The zero-order valence-electron chi connectivity index (χ0n) is 7.22. The van der Waals surface area contributed by atoms with Gasteiger partial charge < -0.3 is 4.74 Å². The van der Waals surface area contributed by atoms with Crippen LogP contribution in [-0.4, -0.2) is 31.1 Å². The van der Waals surface area contributed by atoms with E-state index in [1.807, 2.05) is 0 Å². The fourth-order valence-corrected chi connectivity index (χ4v) is 1.95. The van der Waals surface area contributed by atoms with E-state index in [0.29, 0.717) is 12.8 Å². The van der Waals surface area contributed by atoms with Gasteiger partial charge >= 0.3 is 5.97 Å². The average molecular weight is 191 g/mol. The van der Waals surface area contributed by atoms with Gasteiger partial charge in [-0.3, -0.25) is 10.1 Å². The molecule has 74 valence electrons. The van der Waals surface area contributed by atoms with Crippen LogP contribution in [0.4, 0.5) is 8.78 Å². The first kappa shape index (κ1) is 8.87. The minimum Gasteiger partial charge on any atom is -0.468 e. The van der Waals surface area contributed by atoms with Crippen LogP contribution in [0.3, 0.4) is 0 Å². The van der Waals surface area contributed by atoms with Crippen molar-refractivity contribution < 1.29 is 18.3 Å². The molecule has 0 aromatic rings. The lowest BCUT2D eigenvalue weighted by Crippen LogP contribution is -2.43. The van der Waals surface area contributed by atoms with E-state index in [2.05, 4.69) is 10.1 Å². The first-order valence-corrected chi connectivity index (χ1v) is 4.29. The molecule has 0 bridgehead atoms. The Morgan fingerprint density at radius 3 is 2.77 bits per heavy atom. The SMILES string of the molecule is COC(=O)C1CCC2C(N1)C2(F)F. The number of rotatable bonds is 1. The number of alkyl halides is 2. The number of ether oxygens (including phenoxy) is 1. The maximum absolute atomic E-state index is 12.8. The lowest BCUT2D eigenvalue weighted by atomic mass is 10.1. The maximum atomic E-state index is 12.8. The predicted octanol–water partition coefficient (Wildman–Crippen LogP) is 0.545. The van der Waals surface area contributed by atoms with Crippen LogP contribution in [0, 0.1) is 5.92 Å². The first-order chi connectivity index (χ1) is 6.07. The quantitative estimate of drug-likeness (QED) is 0.615. The van der Waals surface area contributed by atoms with E-state index in [0.717, 1.165) is 0 Å². The third kappa shape index (κ3) is 1.22. The third-order valence-corrected chi connectivity index (χ3v) is 2.84. The zero-order chi connectivity index (χ0) is 9.64. The molecule has 3 atom stereocenters. The monoisotopic (exact) mass is 191 g/mol. The zero-order valence-corrected chi connectivity index (χ0v) is 7.22. The summed E-state index contributed by atoms with van der Waals surface area (Å²) in [6, 6.07) is -1.34. The molecule has 5 heteroatoms. The number of piperidine rings is 1. The highest BCUT2D eigenvalue weighted by molar-refractivity contribution is 5.76. The first-order valence-electron chi connectivity index (χ1n) is 4.29. The summed E-state index contributed by atoms with van der Waals surface area (Å²) >= 11 is 0. The molecule has 1 heterocycles. The second kappa shape index (κ2) is 2.64. The molecule has 13 heavy (non-hydrogen) atoms. The highest BCUT2D eigenvalue weighted by Crippen LogP contribution is 2.53. The van der Waals surface area contributed by atoms with Crippen LogP contribution in [0.5, 0.6) is 0 Å². The van der Waals surface area contributed by atoms with E-state index in [1.165, 1.54) is 7.11 Å². The minimum atomic E-state index is -2.61. The maximum Gasteiger partial charge on any atom is 0.322 e. The van der Waals surface area contributed by atoms with Gasteiger partial charge in [-0.05, 0) is 12.8 Å². The average Bonchev–Trinajstić information content (AvgIpc) is 2.68. The van der Waals surface area contributed by atoms with Crippen molar-refractivity contribution in [1.29, 1.82) is 0 Å². The summed E-state index contributed by atoms with van der Waals surface area (Å²) in [4.78, 5) is 11.0. The number of esters is 1. The van der Waals surface area contributed by atoms with Gasteiger partial charge in [0.15, 0.2) is 0 Å². The number of fused-ring (bicyclic) bond motifs is 1. The fourth-order valence-electron chi connectivity index (χ4n) is 1.95. The van der Waals surface area contributed by atoms with Gasteiger partial charge in [-0.25, -0.2) is 8.78 Å². The normalized spacial score (nSPS) is 40.7. The lowest BCUT2D eigenvalue weighted by molar-refractivity contribution is -0.143. The minimum absolute atomic E-state index is 0.407. The molecule has 0 spiro atoms. The van der Waals surface area contributed by atoms with Crippen LogP contribution in [0.1, 0.15) is 12.8 Å². The van der Waals surface area contributed by atoms with E-state index in [1.54, 1.807) is 0 Å². The standard InChI is InChI=1S/C8H11F2NO2/c1-13-7(12)5-3-2-4-6(11-5)8(4,9)10/h4-6,11H,2-3H2,1H3. The molecule has 2 fully saturated rings. The summed E-state index contributed by atoms with van der Waals surface area (Å²) in [6.45, 7) is 0. The molecular formula is C8H11F2NO2. The van der Waals surface area contributed by atoms with Gasteiger partial charge in [-0.2, -0.15) is 0 Å². The van der Waals surface area contributed by atoms with Crippen molar-refractivity contribution in [3.05, 3.63) is 0 Å². The Bertz CT molecular complexity index is 244. The summed E-state index contributed by atoms with van der Waals surface area (Å²) in [6.07, 6.45) is 0.855. The summed E-state index contributed by atoms with van der Waals surface area (Å²) in [7, 11) is 1.27. The smallest absolute Gasteiger partial charge is 0.322 e. The van der Waals surface area contributed by atoms with Crippen molar-refractivity contribution in [2.75, 3.05) is 7.11 Å². The molecule has 0 radical (unpaired) electrons. The second-order valence-corrected chi connectivity index (χ2v) is 3.58. The van der Waals surface area contributed by atoms with E-state index in [9.17, 15) is 13.6 Å². The Kier molecular flexibility index (Phi) is 1.80. The fraction of sp³-hybridized carbons (Fsp3) is 0.875. The molecule has 3 nitrogen and oxygen atoms in total. The van der Waals surface area contributed by atoms with Gasteiger partial charge in [-0.15, -0.1) is 0 Å². The summed E-state index contributed by atoms with van der Waals surface area (Å²) in [5.74, 6) is -3.61. The van der Waals surface area contributed by atoms with Crippen LogP contribution < -0.4 is 5.32 Å². The second-order valence-electron chi connectivity index (χ2n) is 3.58. The Hall–Kier alpha value is -0.710. The largest absolute Gasteiger partial charge is 0.468 e. The van der Waals surface area contributed by atoms with Gasteiger partial charge in [0, 0.05) is 5.92 Å². The number of nitrogens with one attached hydrogen (secondary N) is 1. The molecule has 1 aliphatic heterocycles. The number of methoxy groups -OCH3 is 1. The van der Waals surface area contributed by atoms with Gasteiger partial charge in [-0.1, -0.05) is 0 Å². The number of carbonyl (C=O) groups is 1. The molecule has 0 aromatic heterocycles. The van der Waals surface area contributed by atoms with Gasteiger partial charge in [0.2, 0.25) is 0 Å². The van der Waals surface area contributed by atoms with Crippen molar-refractivity contribution in [3.63, 3.8) is 0 Å². The molecule has 0 aromatic carbocycles. The topological polar surface area (TPSA) is 38.3 Å². The highest BCUT2D eigenvalue weighted by atomic mass is 19.3. The Balaban J connectivity index is 1.97. The molecule has 2 rings (SSSR count). The number of hydrogen-bond donors (Lipinski definition) is 1. The lowest BCUT2D eigenvalue weighted by Gasteiger charge is -2.18. The number of halogens is 2. The summed E-state index contributed by atoms with van der Waals surface area (Å²) in [5, 5.41) is 2.61. The Morgan fingerprint density at radius 1 is 1.54 bits per heavy atom. The van der Waals surface area contributed by atoms with E-state index < -0.39 is 29.9 Å². The van der Waals surface area contributed by atoms with Gasteiger partial charge in [0.05, 0.1) is 13.2 Å². The molecule has 3 unspecified atom stereocenters. The summed E-state index contributed by atoms with van der Waals surface area (Å²) in [5.41, 5.74) is 0. The van der Waals surface area contributed by atoms with Gasteiger partial charge in [0.25, 0.3) is 5.92 Å². The van der Waals surface area contributed by atoms with Crippen molar-refractivity contribution in [1.82, 2.24) is 5.32 Å². The van der Waals surface area contributed by atoms with Crippen LogP contribution in [0.25, 0.3) is 0 Å². The molecule has 1 aliphatic carbocycles. The van der Waals surface area contributed by atoms with Crippen molar-refractivity contribution in [2.45, 2.75) is 30.8 Å². The highest BCUT2D eigenvalue weighted by Gasteiger charge is 2.70. The predicted molar refractivity (Wildman–Crippen MR) is 40.4 cm³/mol. The molecule has 1 saturated carbocycles. The van der Waals surface area contributed by atoms with Crippen LogP contribution in [0.15, 0.2) is 0 Å². The molecule has 1 N–H and O–H groups in total. The molecule has 2 aliphatic rings. The van der Waals surface area contributed by atoms with Crippen LogP contribution in [0.2, 0.25) is 0 Å². The van der Waals surface area contributed by atoms with Crippen LogP contribution in [-0.2, 0) is 9.53 Å². The number of hydrogen-bond acceptors (Lipinski definition) is 3. The van der Waals surface area contributed by atoms with Gasteiger partial charge in [0.1, 0.15) is 6.04 Å². The number of carbonyl (C=O) groups excluding carboxylic acids is 1. The summed E-state index contributed by atoms with van der Waals surface area (Å²) < 4.78 is 30.1. The molecule has 0 amide bonds. The van der Waals surface area contributed by atoms with Crippen molar-refractivity contribution in [2.24, 2.45) is 5.92 Å². The molecular weight excluding hydrogens is 180 g/mol. The third-order valence-electron chi connectivity index (χ3n) is 2.84. The van der Waals surface area contributed by atoms with E-state index in [4.69, 9.17) is 0 Å². The van der Waals surface area contributed by atoms with Crippen molar-refractivity contribution in [3.8, 4) is 0 Å². The van der Waals surface area contributed by atoms with Crippen molar-refractivity contribution >= 4 is 5.97 Å². The Morgan fingerprint density at radius 2 is 2.23 bits per heavy atom.